The number of anilines is 1. The summed E-state index contributed by atoms with van der Waals surface area (Å²) in [6.07, 6.45) is 0.0317. The van der Waals surface area contributed by atoms with E-state index in [1.165, 1.54) is 25.3 Å². The molecule has 0 atom stereocenters. The largest absolute Gasteiger partial charge is 0.496 e. The lowest BCUT2D eigenvalue weighted by Crippen LogP contribution is -2.44. The topological polar surface area (TPSA) is 79.5 Å². The zero-order valence-corrected chi connectivity index (χ0v) is 12.4. The molecule has 0 fully saturated rings. The van der Waals surface area contributed by atoms with Gasteiger partial charge in [-0.1, -0.05) is 30.3 Å². The summed E-state index contributed by atoms with van der Waals surface area (Å²) < 4.78 is 18.5. The van der Waals surface area contributed by atoms with Crippen LogP contribution in [0.15, 0.2) is 48.5 Å². The average molecular weight is 317 g/mol. The van der Waals surface area contributed by atoms with E-state index in [-0.39, 0.29) is 12.1 Å². The van der Waals surface area contributed by atoms with Crippen LogP contribution in [0.2, 0.25) is 0 Å². The SMILES string of the molecule is COc1ccccc1CC(=O)NNC(=O)Nc1ccccc1F. The molecule has 0 aliphatic rings. The Morgan fingerprint density at radius 3 is 2.48 bits per heavy atom. The van der Waals surface area contributed by atoms with Gasteiger partial charge in [0.05, 0.1) is 19.2 Å². The fourth-order valence-electron chi connectivity index (χ4n) is 1.91. The van der Waals surface area contributed by atoms with Gasteiger partial charge < -0.3 is 10.1 Å². The standard InChI is InChI=1S/C16H16FN3O3/c1-23-14-9-5-2-6-11(14)10-15(21)19-20-16(22)18-13-8-4-3-7-12(13)17/h2-9H,10H2,1H3,(H,19,21)(H2,18,20,22). The van der Waals surface area contributed by atoms with Gasteiger partial charge in [0.2, 0.25) is 5.91 Å². The quantitative estimate of drug-likeness (QED) is 0.757. The third-order valence-corrected chi connectivity index (χ3v) is 2.98. The maximum Gasteiger partial charge on any atom is 0.338 e. The number of amides is 3. The highest BCUT2D eigenvalue weighted by atomic mass is 19.1. The molecule has 0 bridgehead atoms. The molecule has 120 valence electrons. The number of methoxy groups -OCH3 is 1. The van der Waals surface area contributed by atoms with Gasteiger partial charge in [0.25, 0.3) is 0 Å². The van der Waals surface area contributed by atoms with E-state index in [1.54, 1.807) is 30.3 Å². The molecule has 0 heterocycles. The lowest BCUT2D eigenvalue weighted by atomic mass is 10.1. The minimum atomic E-state index is -0.747. The summed E-state index contributed by atoms with van der Waals surface area (Å²) >= 11 is 0. The van der Waals surface area contributed by atoms with Crippen molar-refractivity contribution >= 4 is 17.6 Å². The highest BCUT2D eigenvalue weighted by Crippen LogP contribution is 2.17. The molecule has 3 N–H and O–H groups in total. The monoisotopic (exact) mass is 317 g/mol. The molecule has 0 saturated carbocycles. The van der Waals surface area contributed by atoms with Crippen LogP contribution in [0.1, 0.15) is 5.56 Å². The summed E-state index contributed by atoms with van der Waals surface area (Å²) in [4.78, 5) is 23.4. The van der Waals surface area contributed by atoms with Gasteiger partial charge in [-0.25, -0.2) is 14.6 Å². The molecule has 0 aliphatic heterocycles. The first kappa shape index (κ1) is 16.3. The van der Waals surface area contributed by atoms with E-state index in [0.29, 0.717) is 11.3 Å². The number of hydrazine groups is 1. The molecule has 2 aromatic carbocycles. The number of rotatable bonds is 4. The second-order valence-corrected chi connectivity index (χ2v) is 4.60. The first-order valence-corrected chi connectivity index (χ1v) is 6.82. The molecule has 3 amide bonds. The lowest BCUT2D eigenvalue weighted by Gasteiger charge is -2.11. The Morgan fingerprint density at radius 1 is 1.04 bits per heavy atom. The van der Waals surface area contributed by atoms with E-state index in [9.17, 15) is 14.0 Å². The van der Waals surface area contributed by atoms with Gasteiger partial charge in [-0.2, -0.15) is 0 Å². The Labute approximate surface area is 132 Å². The van der Waals surface area contributed by atoms with E-state index < -0.39 is 17.8 Å². The van der Waals surface area contributed by atoms with Crippen molar-refractivity contribution in [2.45, 2.75) is 6.42 Å². The van der Waals surface area contributed by atoms with Crippen molar-refractivity contribution in [1.82, 2.24) is 10.9 Å². The maximum atomic E-state index is 13.4. The third kappa shape index (κ3) is 4.70. The second-order valence-electron chi connectivity index (χ2n) is 4.60. The molecule has 0 spiro atoms. The number of hydrogen-bond donors (Lipinski definition) is 3. The fraction of sp³-hybridized carbons (Fsp3) is 0.125. The third-order valence-electron chi connectivity index (χ3n) is 2.98. The summed E-state index contributed by atoms with van der Waals surface area (Å²) in [5.41, 5.74) is 5.10. The molecule has 0 saturated heterocycles. The zero-order chi connectivity index (χ0) is 16.7. The number of benzene rings is 2. The normalized spacial score (nSPS) is 9.83. The maximum absolute atomic E-state index is 13.4. The van der Waals surface area contributed by atoms with Crippen LogP contribution < -0.4 is 20.9 Å². The number of ether oxygens (including phenoxy) is 1. The number of nitrogens with one attached hydrogen (secondary N) is 3. The molecule has 2 rings (SSSR count). The minimum absolute atomic E-state index is 0.0176. The summed E-state index contributed by atoms with van der Waals surface area (Å²) in [7, 11) is 1.51. The number of hydrogen-bond acceptors (Lipinski definition) is 3. The Kier molecular flexibility index (Phi) is 5.51. The van der Waals surface area contributed by atoms with Crippen molar-refractivity contribution in [2.75, 3.05) is 12.4 Å². The van der Waals surface area contributed by atoms with Gasteiger partial charge in [-0.05, 0) is 18.2 Å². The van der Waals surface area contributed by atoms with Crippen LogP contribution >= 0.6 is 0 Å². The summed E-state index contributed by atoms with van der Waals surface area (Å²) in [6, 6.07) is 12.0. The van der Waals surface area contributed by atoms with E-state index in [4.69, 9.17) is 4.74 Å². The predicted octanol–water partition coefficient (Wildman–Crippen LogP) is 2.23. The van der Waals surface area contributed by atoms with Crippen molar-refractivity contribution in [3.63, 3.8) is 0 Å². The van der Waals surface area contributed by atoms with Gasteiger partial charge >= 0.3 is 6.03 Å². The number of urea groups is 1. The van der Waals surface area contributed by atoms with Gasteiger partial charge in [-0.3, -0.25) is 10.2 Å². The van der Waals surface area contributed by atoms with Crippen LogP contribution in [-0.2, 0) is 11.2 Å². The van der Waals surface area contributed by atoms with E-state index in [0.717, 1.165) is 0 Å². The Hall–Kier alpha value is -3.09. The number of para-hydroxylation sites is 2. The van der Waals surface area contributed by atoms with Crippen LogP contribution in [0.3, 0.4) is 0 Å². The van der Waals surface area contributed by atoms with E-state index in [1.807, 2.05) is 0 Å². The summed E-state index contributed by atoms with van der Waals surface area (Å²) in [5, 5.41) is 2.29. The van der Waals surface area contributed by atoms with Crippen LogP contribution in [-0.4, -0.2) is 19.0 Å². The van der Waals surface area contributed by atoms with Crippen LogP contribution in [0.5, 0.6) is 5.75 Å². The molecule has 0 aliphatic carbocycles. The first-order chi connectivity index (χ1) is 11.1. The molecular formula is C16H16FN3O3. The van der Waals surface area contributed by atoms with Crippen molar-refractivity contribution in [3.05, 3.63) is 59.9 Å². The van der Waals surface area contributed by atoms with Crippen molar-refractivity contribution in [3.8, 4) is 5.75 Å². The average Bonchev–Trinajstić information content (AvgIpc) is 2.55. The van der Waals surface area contributed by atoms with E-state index >= 15 is 0 Å². The molecule has 2 aromatic rings. The predicted molar refractivity (Wildman–Crippen MR) is 83.4 cm³/mol. The highest BCUT2D eigenvalue weighted by molar-refractivity contribution is 5.91. The molecule has 0 aromatic heterocycles. The van der Waals surface area contributed by atoms with Crippen molar-refractivity contribution in [1.29, 1.82) is 0 Å². The highest BCUT2D eigenvalue weighted by Gasteiger charge is 2.10. The van der Waals surface area contributed by atoms with Gasteiger partial charge in [0, 0.05) is 5.56 Å². The Balaban J connectivity index is 1.84. The minimum Gasteiger partial charge on any atom is -0.496 e. The first-order valence-electron chi connectivity index (χ1n) is 6.82. The van der Waals surface area contributed by atoms with Gasteiger partial charge in [-0.15, -0.1) is 0 Å². The van der Waals surface area contributed by atoms with Crippen LogP contribution in [0.25, 0.3) is 0 Å². The molecular weight excluding hydrogens is 301 g/mol. The van der Waals surface area contributed by atoms with Gasteiger partial charge in [0.1, 0.15) is 11.6 Å². The zero-order valence-electron chi connectivity index (χ0n) is 12.4. The van der Waals surface area contributed by atoms with Crippen molar-refractivity contribution < 1.29 is 18.7 Å². The summed E-state index contributed by atoms with van der Waals surface area (Å²) in [6.45, 7) is 0. The van der Waals surface area contributed by atoms with Crippen LogP contribution in [0, 0.1) is 5.82 Å². The van der Waals surface area contributed by atoms with Gasteiger partial charge in [0.15, 0.2) is 0 Å². The molecule has 7 heteroatoms. The van der Waals surface area contributed by atoms with Crippen molar-refractivity contribution in [2.24, 2.45) is 0 Å². The van der Waals surface area contributed by atoms with E-state index in [2.05, 4.69) is 16.2 Å². The molecule has 23 heavy (non-hydrogen) atoms. The number of carbonyl (C=O) groups excluding carboxylic acids is 2. The molecule has 6 nitrogen and oxygen atoms in total. The smallest absolute Gasteiger partial charge is 0.338 e. The fourth-order valence-corrected chi connectivity index (χ4v) is 1.91. The molecule has 0 radical (unpaired) electrons. The lowest BCUT2D eigenvalue weighted by molar-refractivity contribution is -0.121. The second kappa shape index (κ2) is 7.79. The Morgan fingerprint density at radius 2 is 1.74 bits per heavy atom. The number of halogens is 1. The molecule has 0 unspecified atom stereocenters. The van der Waals surface area contributed by atoms with Crippen LogP contribution in [0.4, 0.5) is 14.9 Å². The Bertz CT molecular complexity index is 706. The summed E-state index contributed by atoms with van der Waals surface area (Å²) in [5.74, 6) is -0.417. The number of carbonyl (C=O) groups is 2.